The molecular formula is C28H33FN4O4. The monoisotopic (exact) mass is 508 g/mol. The van der Waals surface area contributed by atoms with Crippen molar-refractivity contribution in [2.24, 2.45) is 0 Å². The Bertz CT molecular complexity index is 1260. The fraction of sp³-hybridized carbons (Fsp3) is 0.393. The van der Waals surface area contributed by atoms with Crippen molar-refractivity contribution in [3.63, 3.8) is 0 Å². The number of halogens is 1. The van der Waals surface area contributed by atoms with Gasteiger partial charge in [-0.15, -0.1) is 0 Å². The van der Waals surface area contributed by atoms with E-state index in [0.717, 1.165) is 49.3 Å². The van der Waals surface area contributed by atoms with Crippen LogP contribution in [-0.4, -0.2) is 57.7 Å². The number of nitrogens with one attached hydrogen (secondary N) is 1. The summed E-state index contributed by atoms with van der Waals surface area (Å²) in [7, 11) is 1.35. The largest absolute Gasteiger partial charge is 0.494 e. The van der Waals surface area contributed by atoms with Crippen molar-refractivity contribution < 1.29 is 23.8 Å². The van der Waals surface area contributed by atoms with Gasteiger partial charge >= 0.3 is 5.97 Å². The lowest BCUT2D eigenvalue weighted by molar-refractivity contribution is -0.137. The predicted octanol–water partition coefficient (Wildman–Crippen LogP) is 4.29. The lowest BCUT2D eigenvalue weighted by Gasteiger charge is -2.35. The van der Waals surface area contributed by atoms with Crippen LogP contribution < -0.4 is 5.32 Å². The van der Waals surface area contributed by atoms with E-state index in [4.69, 9.17) is 9.72 Å². The van der Waals surface area contributed by atoms with Gasteiger partial charge in [-0.25, -0.2) is 9.37 Å². The van der Waals surface area contributed by atoms with Gasteiger partial charge in [-0.1, -0.05) is 18.7 Å². The van der Waals surface area contributed by atoms with Crippen molar-refractivity contribution in [1.29, 1.82) is 0 Å². The van der Waals surface area contributed by atoms with Gasteiger partial charge in [0.05, 0.1) is 19.6 Å². The smallest absolute Gasteiger partial charge is 0.305 e. The van der Waals surface area contributed by atoms with Crippen LogP contribution in [-0.2, 0) is 35.3 Å². The normalized spacial score (nSPS) is 16.5. The van der Waals surface area contributed by atoms with Gasteiger partial charge < -0.3 is 24.6 Å². The fourth-order valence-corrected chi connectivity index (χ4v) is 4.84. The van der Waals surface area contributed by atoms with Crippen molar-refractivity contribution >= 4 is 17.7 Å². The van der Waals surface area contributed by atoms with Gasteiger partial charge in [-0.2, -0.15) is 0 Å². The maximum atomic E-state index is 13.6. The molecule has 0 spiro atoms. The lowest BCUT2D eigenvalue weighted by atomic mass is 10.0. The summed E-state index contributed by atoms with van der Waals surface area (Å²) in [4.78, 5) is 31.3. The second kappa shape index (κ2) is 11.5. The van der Waals surface area contributed by atoms with E-state index in [0.29, 0.717) is 24.4 Å². The number of hydrogen-bond acceptors (Lipinski definition) is 5. The van der Waals surface area contributed by atoms with Gasteiger partial charge in [0.2, 0.25) is 0 Å². The number of carboxylic acid groups (broad SMARTS) is 1. The highest BCUT2D eigenvalue weighted by molar-refractivity contribution is 5.94. The molecule has 196 valence electrons. The third-order valence-electron chi connectivity index (χ3n) is 6.82. The Kier molecular flexibility index (Phi) is 8.11. The van der Waals surface area contributed by atoms with E-state index in [1.165, 1.54) is 36.6 Å². The first-order valence-electron chi connectivity index (χ1n) is 12.5. The average molecular weight is 509 g/mol. The second-order valence-corrected chi connectivity index (χ2v) is 9.39. The zero-order valence-electron chi connectivity index (χ0n) is 21.3. The number of allylic oxidation sites excluding steroid dienone is 2. The number of aliphatic carboxylic acids is 1. The molecule has 0 aromatic carbocycles. The number of aromatic nitrogens is 2. The molecule has 0 saturated heterocycles. The minimum atomic E-state index is -1.05. The van der Waals surface area contributed by atoms with E-state index in [9.17, 15) is 19.1 Å². The number of aryl methyl sites for hydroxylation is 3. The Labute approximate surface area is 216 Å². The molecule has 2 aliphatic heterocycles. The Balaban J connectivity index is 1.47. The van der Waals surface area contributed by atoms with Crippen LogP contribution in [0.25, 0.3) is 0 Å². The summed E-state index contributed by atoms with van der Waals surface area (Å²) >= 11 is 0. The molecule has 0 aliphatic carbocycles. The van der Waals surface area contributed by atoms with Crippen molar-refractivity contribution in [3.8, 4) is 0 Å². The fourth-order valence-electron chi connectivity index (χ4n) is 4.84. The van der Waals surface area contributed by atoms with Gasteiger partial charge in [0, 0.05) is 31.5 Å². The van der Waals surface area contributed by atoms with Crippen molar-refractivity contribution in [1.82, 2.24) is 14.5 Å². The Hall–Kier alpha value is -3.88. The zero-order valence-corrected chi connectivity index (χ0v) is 21.3. The quantitative estimate of drug-likeness (QED) is 0.367. The highest BCUT2D eigenvalue weighted by Crippen LogP contribution is 2.25. The minimum absolute atomic E-state index is 0.0166. The number of anilines is 1. The van der Waals surface area contributed by atoms with Crippen molar-refractivity contribution in [2.75, 3.05) is 25.5 Å². The maximum Gasteiger partial charge on any atom is 0.305 e. The molecule has 1 atom stereocenters. The number of ether oxygens (including phenoxy) is 1. The number of hydrogen-bond donors (Lipinski definition) is 2. The van der Waals surface area contributed by atoms with E-state index in [-0.39, 0.29) is 18.1 Å². The number of carbonyl (C=O) groups is 2. The Morgan fingerprint density at radius 1 is 1.32 bits per heavy atom. The third kappa shape index (κ3) is 6.10. The van der Waals surface area contributed by atoms with Crippen LogP contribution in [0, 0.1) is 0 Å². The molecule has 1 amide bonds. The second-order valence-electron chi connectivity index (χ2n) is 9.39. The first kappa shape index (κ1) is 26.2. The van der Waals surface area contributed by atoms with Crippen LogP contribution in [0.4, 0.5) is 10.2 Å². The highest BCUT2D eigenvalue weighted by Gasteiger charge is 2.33. The number of fused-ring (bicyclic) bond motifs is 2. The molecule has 2 aromatic rings. The van der Waals surface area contributed by atoms with Gasteiger partial charge in [0.25, 0.3) is 5.91 Å². The van der Waals surface area contributed by atoms with E-state index in [1.54, 1.807) is 0 Å². The first-order chi connectivity index (χ1) is 17.8. The van der Waals surface area contributed by atoms with Crippen LogP contribution >= 0.6 is 0 Å². The molecule has 0 bridgehead atoms. The molecule has 9 heteroatoms. The van der Waals surface area contributed by atoms with Crippen LogP contribution in [0.5, 0.6) is 0 Å². The summed E-state index contributed by atoms with van der Waals surface area (Å²) in [5, 5.41) is 12.9. The topological polar surface area (TPSA) is 96.7 Å². The molecule has 8 nitrogen and oxygen atoms in total. The molecule has 0 unspecified atom stereocenters. The first-order valence-corrected chi connectivity index (χ1v) is 12.5. The van der Waals surface area contributed by atoms with Crippen LogP contribution in [0.15, 0.2) is 60.3 Å². The molecule has 4 heterocycles. The number of methoxy groups -OCH3 is 1. The molecule has 0 saturated carbocycles. The van der Waals surface area contributed by atoms with E-state index in [2.05, 4.69) is 24.0 Å². The molecule has 37 heavy (non-hydrogen) atoms. The number of nitrogens with zero attached hydrogens (tertiary/aromatic N) is 3. The number of amides is 1. The molecule has 2 aromatic heterocycles. The third-order valence-corrected chi connectivity index (χ3v) is 6.82. The number of carbonyl (C=O) groups excluding carboxylic acids is 1. The lowest BCUT2D eigenvalue weighted by Crippen LogP contribution is -2.47. The molecule has 4 rings (SSSR count). The molecule has 2 N–H and O–H groups in total. The molecule has 0 radical (unpaired) electrons. The van der Waals surface area contributed by atoms with Gasteiger partial charge in [-0.3, -0.25) is 9.59 Å². The zero-order chi connectivity index (χ0) is 26.5. The standard InChI is InChI=1S/C28H33FN4O4/c1-18(6-11-25(37-3)19(2)29)23(16-26(34)35)33-14-13-32-17-20(15-24(32)28(33)36)7-9-22-10-8-21-5-4-12-30-27(21)31-22/h6,8,10-11,15,17,23H,1,4-5,7,9,12-14,16H2,2-3H3,(H,30,31)(H,34,35)/b11-6-,25-19-/t23-/m1/s1. The Morgan fingerprint density at radius 2 is 2.14 bits per heavy atom. The summed E-state index contributed by atoms with van der Waals surface area (Å²) < 4.78 is 20.5. The van der Waals surface area contributed by atoms with Gasteiger partial charge in [-0.05, 0) is 67.5 Å². The predicted molar refractivity (Wildman–Crippen MR) is 139 cm³/mol. The summed E-state index contributed by atoms with van der Waals surface area (Å²) in [6.07, 6.45) is 8.24. The summed E-state index contributed by atoms with van der Waals surface area (Å²) in [5.74, 6) is -0.825. The Morgan fingerprint density at radius 3 is 2.86 bits per heavy atom. The van der Waals surface area contributed by atoms with Crippen molar-refractivity contribution in [3.05, 3.63) is 82.8 Å². The maximum absolute atomic E-state index is 13.6. The minimum Gasteiger partial charge on any atom is -0.494 e. The summed E-state index contributed by atoms with van der Waals surface area (Å²) in [5.41, 5.74) is 4.19. The SMILES string of the molecule is C=C(/C=C\C(OC)=C(/C)F)[C@@H](CC(=O)O)N1CCn2cc(CCc3ccc4c(n3)NCCC4)cc2C1=O. The van der Waals surface area contributed by atoms with Crippen molar-refractivity contribution in [2.45, 2.75) is 51.6 Å². The van der Waals surface area contributed by atoms with Crippen LogP contribution in [0.1, 0.15) is 47.1 Å². The van der Waals surface area contributed by atoms with E-state index in [1.807, 2.05) is 16.8 Å². The van der Waals surface area contributed by atoms with Gasteiger partial charge in [0.15, 0.2) is 0 Å². The van der Waals surface area contributed by atoms with Crippen LogP contribution in [0.3, 0.4) is 0 Å². The summed E-state index contributed by atoms with van der Waals surface area (Å²) in [6.45, 7) is 7.07. The number of carboxylic acids is 1. The molecule has 0 fully saturated rings. The number of pyridine rings is 1. The van der Waals surface area contributed by atoms with Gasteiger partial charge in [0.1, 0.15) is 23.1 Å². The van der Waals surface area contributed by atoms with E-state index < -0.39 is 17.8 Å². The average Bonchev–Trinajstić information content (AvgIpc) is 3.30. The summed E-state index contributed by atoms with van der Waals surface area (Å²) in [6, 6.07) is 5.32. The molecular weight excluding hydrogens is 475 g/mol. The van der Waals surface area contributed by atoms with Crippen LogP contribution in [0.2, 0.25) is 0 Å². The molecule has 2 aliphatic rings. The number of rotatable bonds is 10. The van der Waals surface area contributed by atoms with E-state index >= 15 is 0 Å². The highest BCUT2D eigenvalue weighted by atomic mass is 19.1.